The quantitative estimate of drug-likeness (QED) is 0.166. The van der Waals surface area contributed by atoms with Crippen LogP contribution in [0.25, 0.3) is 0 Å². The summed E-state index contributed by atoms with van der Waals surface area (Å²) in [4.78, 5) is 0. The first-order valence-electron chi connectivity index (χ1n) is 12.9. The van der Waals surface area contributed by atoms with Gasteiger partial charge in [0.15, 0.2) is 6.29 Å². The van der Waals surface area contributed by atoms with Crippen molar-refractivity contribution >= 4 is 30.1 Å². The van der Waals surface area contributed by atoms with Crippen LogP contribution in [-0.4, -0.2) is 75.5 Å². The summed E-state index contributed by atoms with van der Waals surface area (Å²) in [5, 5.41) is 0.794. The monoisotopic (exact) mass is 542 g/mol. The molecule has 1 aromatic carbocycles. The van der Waals surface area contributed by atoms with Gasteiger partial charge in [-0.15, -0.1) is 0 Å². The lowest BCUT2D eigenvalue weighted by Crippen LogP contribution is -2.63. The number of hydrogen-bond acceptors (Lipinski definition) is 8. The van der Waals surface area contributed by atoms with E-state index < -0.39 is 43.2 Å². The van der Waals surface area contributed by atoms with E-state index in [2.05, 4.69) is 40.0 Å². The van der Waals surface area contributed by atoms with E-state index in [0.29, 0.717) is 32.3 Å². The lowest BCUT2D eigenvalue weighted by Gasteiger charge is -2.35. The normalized spacial score (nSPS) is 29.6. The van der Waals surface area contributed by atoms with E-state index in [9.17, 15) is 0 Å². The van der Waals surface area contributed by atoms with Gasteiger partial charge in [0, 0.05) is 17.6 Å². The van der Waals surface area contributed by atoms with Crippen LogP contribution in [0.5, 0.6) is 0 Å². The van der Waals surface area contributed by atoms with Crippen LogP contribution in [0, 0.1) is 0 Å². The van der Waals surface area contributed by atoms with Crippen LogP contribution in [0.15, 0.2) is 30.3 Å². The van der Waals surface area contributed by atoms with Gasteiger partial charge in [0.2, 0.25) is 0 Å². The molecule has 0 radical (unpaired) electrons. The van der Waals surface area contributed by atoms with E-state index >= 15 is 0 Å². The van der Waals surface area contributed by atoms with Crippen LogP contribution in [0.1, 0.15) is 26.7 Å². The molecule has 8 nitrogen and oxygen atoms in total. The second kappa shape index (κ2) is 10.7. The third-order valence-corrected chi connectivity index (χ3v) is 14.6. The molecule has 4 rings (SSSR count). The zero-order valence-corrected chi connectivity index (χ0v) is 25.1. The standard InChI is InChI=1S/C24H42O8Si3/c1-7-14-33(3,4)19-28-23(17-26-23)31-35(30-22-16-25-22,21-12-10-9-11-13-21)32-24(18-27-24)29-20-34(5,6)15-8-2/h9-13,22H,7-8,14-20H2,1-6H3. The molecule has 0 N–H and O–H groups in total. The van der Waals surface area contributed by atoms with Gasteiger partial charge in [0.25, 0.3) is 0 Å². The molecule has 0 spiro atoms. The predicted molar refractivity (Wildman–Crippen MR) is 139 cm³/mol. The maximum Gasteiger partial charge on any atom is 0.547 e. The third-order valence-electron chi connectivity index (χ3n) is 6.28. The Morgan fingerprint density at radius 3 is 1.66 bits per heavy atom. The molecule has 0 aromatic heterocycles. The molecule has 3 atom stereocenters. The van der Waals surface area contributed by atoms with Gasteiger partial charge in [-0.05, 0) is 0 Å². The smallest absolute Gasteiger partial charge is 0.346 e. The van der Waals surface area contributed by atoms with Crippen molar-refractivity contribution in [3.05, 3.63) is 30.3 Å². The molecule has 0 saturated carbocycles. The Morgan fingerprint density at radius 2 is 1.29 bits per heavy atom. The Balaban J connectivity index is 1.56. The lowest BCUT2D eigenvalue weighted by atomic mass is 10.4. The van der Waals surface area contributed by atoms with Crippen LogP contribution in [-0.2, 0) is 37.0 Å². The van der Waals surface area contributed by atoms with Gasteiger partial charge in [-0.1, -0.05) is 95.3 Å². The summed E-state index contributed by atoms with van der Waals surface area (Å²) in [6.07, 6.45) is 3.15. The Bertz CT molecular complexity index is 785. The van der Waals surface area contributed by atoms with Crippen LogP contribution in [0.3, 0.4) is 0 Å². The number of benzene rings is 1. The van der Waals surface area contributed by atoms with E-state index in [0.717, 1.165) is 18.0 Å². The minimum Gasteiger partial charge on any atom is -0.346 e. The molecule has 3 unspecified atom stereocenters. The summed E-state index contributed by atoms with van der Waals surface area (Å²) in [5.41, 5.74) is 0. The fraction of sp³-hybridized carbons (Fsp3) is 0.750. The fourth-order valence-electron chi connectivity index (χ4n) is 4.16. The Hall–Kier alpha value is -0.449. The molecule has 3 fully saturated rings. The minimum atomic E-state index is -3.64. The Kier molecular flexibility index (Phi) is 8.46. The molecule has 3 saturated heterocycles. The summed E-state index contributed by atoms with van der Waals surface area (Å²) in [6, 6.07) is 12.1. The number of epoxide rings is 3. The van der Waals surface area contributed by atoms with E-state index in [1.165, 1.54) is 12.1 Å². The van der Waals surface area contributed by atoms with Crippen molar-refractivity contribution in [3.8, 4) is 0 Å². The molecule has 3 aliphatic rings. The topological polar surface area (TPSA) is 83.7 Å². The summed E-state index contributed by atoms with van der Waals surface area (Å²) in [7, 11) is -6.72. The van der Waals surface area contributed by atoms with Gasteiger partial charge in [-0.3, -0.25) is 0 Å². The zero-order chi connectivity index (χ0) is 25.2. The zero-order valence-electron chi connectivity index (χ0n) is 22.1. The first-order valence-corrected chi connectivity index (χ1v) is 21.4. The van der Waals surface area contributed by atoms with E-state index in [1.54, 1.807) is 0 Å². The average molecular weight is 543 g/mol. The summed E-state index contributed by atoms with van der Waals surface area (Å²) in [6.45, 7) is 14.8. The molecule has 198 valence electrons. The SMILES string of the molecule is CCC[Si](C)(C)COC1(O[Si](OC2CO2)(OC2(OC[Si](C)(C)CCC)CO2)c2ccccc2)CO1. The molecule has 0 aliphatic carbocycles. The highest BCUT2D eigenvalue weighted by molar-refractivity contribution is 6.78. The number of rotatable bonds is 17. The highest BCUT2D eigenvalue weighted by Crippen LogP contribution is 2.41. The largest absolute Gasteiger partial charge is 0.547 e. The van der Waals surface area contributed by atoms with Gasteiger partial charge in [-0.2, -0.15) is 0 Å². The molecule has 3 aliphatic heterocycles. The molecule has 11 heteroatoms. The van der Waals surface area contributed by atoms with Crippen molar-refractivity contribution in [1.82, 2.24) is 0 Å². The lowest BCUT2D eigenvalue weighted by molar-refractivity contribution is -0.231. The maximum absolute atomic E-state index is 6.65. The van der Waals surface area contributed by atoms with Crippen molar-refractivity contribution in [1.29, 1.82) is 0 Å². The minimum absolute atomic E-state index is 0.328. The molecule has 0 bridgehead atoms. The first kappa shape index (κ1) is 27.6. The summed E-state index contributed by atoms with van der Waals surface area (Å²) < 4.78 is 49.3. The summed E-state index contributed by atoms with van der Waals surface area (Å²) in [5.74, 6) is -2.36. The van der Waals surface area contributed by atoms with Crippen LogP contribution >= 0.6 is 0 Å². The van der Waals surface area contributed by atoms with E-state index in [-0.39, 0.29) is 0 Å². The second-order valence-corrected chi connectivity index (χ2v) is 23.9. The van der Waals surface area contributed by atoms with Crippen molar-refractivity contribution in [2.45, 2.75) is 83.2 Å². The average Bonchev–Trinajstić information content (AvgIpc) is 3.68. The molecule has 1 aromatic rings. The Labute approximate surface area is 212 Å². The van der Waals surface area contributed by atoms with E-state index in [1.807, 2.05) is 30.3 Å². The summed E-state index contributed by atoms with van der Waals surface area (Å²) >= 11 is 0. The highest BCUT2D eigenvalue weighted by Gasteiger charge is 2.67. The van der Waals surface area contributed by atoms with Crippen LogP contribution in [0.4, 0.5) is 0 Å². The molecule has 3 heterocycles. The van der Waals surface area contributed by atoms with Gasteiger partial charge >= 0.3 is 20.8 Å². The van der Waals surface area contributed by atoms with Crippen molar-refractivity contribution in [2.24, 2.45) is 0 Å². The fourth-order valence-corrected chi connectivity index (χ4v) is 11.1. The van der Waals surface area contributed by atoms with Crippen molar-refractivity contribution in [3.63, 3.8) is 0 Å². The molecular formula is C24H42O8Si3. The van der Waals surface area contributed by atoms with Crippen molar-refractivity contribution < 1.29 is 37.0 Å². The third kappa shape index (κ3) is 7.77. The predicted octanol–water partition coefficient (Wildman–Crippen LogP) is 3.96. The van der Waals surface area contributed by atoms with Gasteiger partial charge in [-0.25, -0.2) is 0 Å². The highest BCUT2D eigenvalue weighted by atomic mass is 28.4. The van der Waals surface area contributed by atoms with Gasteiger partial charge in [0.1, 0.15) is 19.8 Å². The van der Waals surface area contributed by atoms with E-state index in [4.69, 9.17) is 37.0 Å². The molecule has 0 amide bonds. The first-order chi connectivity index (χ1) is 16.5. The Morgan fingerprint density at radius 1 is 0.829 bits per heavy atom. The molecule has 35 heavy (non-hydrogen) atoms. The number of hydrogen-bond donors (Lipinski definition) is 0. The second-order valence-electron chi connectivity index (χ2n) is 11.4. The number of ether oxygens (including phenoxy) is 5. The van der Waals surface area contributed by atoms with Gasteiger partial charge < -0.3 is 37.0 Å². The maximum atomic E-state index is 6.65. The van der Waals surface area contributed by atoms with Gasteiger partial charge in [0.05, 0.1) is 16.1 Å². The van der Waals surface area contributed by atoms with Crippen LogP contribution in [0.2, 0.25) is 38.3 Å². The van der Waals surface area contributed by atoms with Crippen LogP contribution < -0.4 is 5.19 Å². The molecular weight excluding hydrogens is 501 g/mol. The van der Waals surface area contributed by atoms with Crippen molar-refractivity contribution in [2.75, 3.05) is 32.3 Å².